The molecule has 1 aromatic rings. The maximum Gasteiger partial charge on any atom is 0.144 e. The number of nitrogens with zero attached hydrogens (tertiary/aromatic N) is 1. The lowest BCUT2D eigenvalue weighted by molar-refractivity contribution is 0.610. The molecule has 0 atom stereocenters. The fourth-order valence-corrected chi connectivity index (χ4v) is 1.61. The van der Waals surface area contributed by atoms with Gasteiger partial charge in [0, 0.05) is 5.56 Å². The first-order chi connectivity index (χ1) is 6.74. The van der Waals surface area contributed by atoms with E-state index in [9.17, 15) is 4.39 Å². The maximum absolute atomic E-state index is 13.0. The summed E-state index contributed by atoms with van der Waals surface area (Å²) in [5.41, 5.74) is 4.95. The minimum absolute atomic E-state index is 0.246. The number of hydrogen-bond acceptors (Lipinski definition) is 1. The van der Waals surface area contributed by atoms with Crippen molar-refractivity contribution in [3.63, 3.8) is 0 Å². The van der Waals surface area contributed by atoms with Gasteiger partial charge in [-0.1, -0.05) is 0 Å². The Kier molecular flexibility index (Phi) is 1.32. The summed E-state index contributed by atoms with van der Waals surface area (Å²) in [5, 5.41) is 0. The van der Waals surface area contributed by atoms with Crippen LogP contribution >= 0.6 is 0 Å². The number of fused-ring (bicyclic) bond motifs is 1. The van der Waals surface area contributed by atoms with Crippen molar-refractivity contribution < 1.29 is 4.39 Å². The summed E-state index contributed by atoms with van der Waals surface area (Å²) in [4.78, 5) is 4.19. The Labute approximate surface area is 81.2 Å². The first-order valence-electron chi connectivity index (χ1n) is 4.53. The maximum atomic E-state index is 13.0. The molecular weight excluding hydrogens is 177 g/mol. The second-order valence-electron chi connectivity index (χ2n) is 3.56. The first kappa shape index (κ1) is 7.68. The van der Waals surface area contributed by atoms with E-state index in [1.165, 1.54) is 17.2 Å². The largest absolute Gasteiger partial charge is 0.250 e. The van der Waals surface area contributed by atoms with Crippen molar-refractivity contribution in [1.29, 1.82) is 0 Å². The van der Waals surface area contributed by atoms with Crippen LogP contribution in [0.3, 0.4) is 0 Å². The van der Waals surface area contributed by atoms with Crippen LogP contribution in [0.4, 0.5) is 4.39 Å². The summed E-state index contributed by atoms with van der Waals surface area (Å²) in [7, 11) is 0. The van der Waals surface area contributed by atoms with Crippen LogP contribution in [0.25, 0.3) is 22.4 Å². The molecule has 0 radical (unpaired) electrons. The Morgan fingerprint density at radius 2 is 1.64 bits per heavy atom. The van der Waals surface area contributed by atoms with Gasteiger partial charge in [-0.2, -0.15) is 0 Å². The third kappa shape index (κ3) is 1.04. The van der Waals surface area contributed by atoms with Crippen LogP contribution in [0, 0.1) is 12.7 Å². The summed E-state index contributed by atoms with van der Waals surface area (Å²) < 4.78 is 13.0. The molecule has 1 aromatic heterocycles. The average Bonchev–Trinajstić information content (AvgIpc) is 2.78. The van der Waals surface area contributed by atoms with E-state index >= 15 is 0 Å². The molecular formula is C12H8FN. The van der Waals surface area contributed by atoms with E-state index in [0.717, 1.165) is 11.3 Å². The smallest absolute Gasteiger partial charge is 0.144 e. The highest BCUT2D eigenvalue weighted by Gasteiger charge is 2.15. The third-order valence-corrected chi connectivity index (χ3v) is 2.50. The molecule has 1 nitrogen and oxygen atoms in total. The molecule has 0 fully saturated rings. The van der Waals surface area contributed by atoms with Gasteiger partial charge in [0.25, 0.3) is 0 Å². The predicted octanol–water partition coefficient (Wildman–Crippen LogP) is 3.18. The molecule has 3 rings (SSSR count). The van der Waals surface area contributed by atoms with Crippen molar-refractivity contribution >= 4 is 0 Å². The molecule has 0 saturated carbocycles. The van der Waals surface area contributed by atoms with Gasteiger partial charge < -0.3 is 0 Å². The molecule has 0 bridgehead atoms. The van der Waals surface area contributed by atoms with Crippen LogP contribution in [-0.4, -0.2) is 4.98 Å². The standard InChI is InChI=1S/C12H8FN/c1-7-11(13)2-3-12(14-7)10-5-8-4-9(8)6-10/h2-6H,1H3. The Bertz CT molecular complexity index is 512. The van der Waals surface area contributed by atoms with E-state index in [4.69, 9.17) is 0 Å². The van der Waals surface area contributed by atoms with Gasteiger partial charge in [-0.05, 0) is 48.4 Å². The fraction of sp³-hybridized carbons (Fsp3) is 0.0833. The molecule has 0 spiro atoms. The minimum atomic E-state index is -0.246. The van der Waals surface area contributed by atoms with E-state index in [0.29, 0.717) is 5.69 Å². The van der Waals surface area contributed by atoms with Crippen LogP contribution in [-0.2, 0) is 0 Å². The Hall–Kier alpha value is -1.70. The summed E-state index contributed by atoms with van der Waals surface area (Å²) >= 11 is 0. The summed E-state index contributed by atoms with van der Waals surface area (Å²) in [6, 6.07) is 9.45. The van der Waals surface area contributed by atoms with Crippen LogP contribution in [0.2, 0.25) is 0 Å². The van der Waals surface area contributed by atoms with Crippen LogP contribution < -0.4 is 0 Å². The van der Waals surface area contributed by atoms with Gasteiger partial charge in [0.15, 0.2) is 0 Å². The molecule has 2 aliphatic rings. The lowest BCUT2D eigenvalue weighted by atomic mass is 10.2. The van der Waals surface area contributed by atoms with Gasteiger partial charge in [0.2, 0.25) is 0 Å². The summed E-state index contributed by atoms with van der Waals surface area (Å²) in [6.07, 6.45) is 0. The molecule has 0 aliphatic heterocycles. The quantitative estimate of drug-likeness (QED) is 0.567. The monoisotopic (exact) mass is 185 g/mol. The number of rotatable bonds is 1. The lowest BCUT2D eigenvalue weighted by Crippen LogP contribution is -1.89. The lowest BCUT2D eigenvalue weighted by Gasteiger charge is -1.99. The molecule has 2 aliphatic carbocycles. The topological polar surface area (TPSA) is 12.9 Å². The van der Waals surface area contributed by atoms with Gasteiger partial charge >= 0.3 is 0 Å². The molecule has 0 saturated heterocycles. The predicted molar refractivity (Wildman–Crippen MR) is 53.4 cm³/mol. The zero-order chi connectivity index (χ0) is 9.71. The molecule has 0 amide bonds. The van der Waals surface area contributed by atoms with Crippen molar-refractivity contribution in [2.45, 2.75) is 6.92 Å². The van der Waals surface area contributed by atoms with Crippen LogP contribution in [0.5, 0.6) is 0 Å². The van der Waals surface area contributed by atoms with E-state index in [2.05, 4.69) is 23.2 Å². The van der Waals surface area contributed by atoms with Crippen LogP contribution in [0.1, 0.15) is 5.69 Å². The minimum Gasteiger partial charge on any atom is -0.250 e. The molecule has 0 unspecified atom stereocenters. The fourth-order valence-electron chi connectivity index (χ4n) is 1.61. The highest BCUT2D eigenvalue weighted by Crippen LogP contribution is 2.39. The second kappa shape index (κ2) is 2.41. The molecule has 68 valence electrons. The van der Waals surface area contributed by atoms with Gasteiger partial charge in [-0.15, -0.1) is 0 Å². The van der Waals surface area contributed by atoms with Crippen molar-refractivity contribution in [3.8, 4) is 22.4 Å². The third-order valence-electron chi connectivity index (χ3n) is 2.50. The van der Waals surface area contributed by atoms with E-state index in [1.807, 2.05) is 0 Å². The van der Waals surface area contributed by atoms with E-state index < -0.39 is 0 Å². The summed E-state index contributed by atoms with van der Waals surface area (Å²) in [5.74, 6) is -0.246. The van der Waals surface area contributed by atoms with Gasteiger partial charge in [-0.25, -0.2) is 4.39 Å². The van der Waals surface area contributed by atoms with Gasteiger partial charge in [0.1, 0.15) is 5.82 Å². The number of pyridine rings is 1. The van der Waals surface area contributed by atoms with E-state index in [-0.39, 0.29) is 5.82 Å². The molecule has 1 heterocycles. The molecule has 2 heteroatoms. The zero-order valence-electron chi connectivity index (χ0n) is 7.71. The molecule has 14 heavy (non-hydrogen) atoms. The van der Waals surface area contributed by atoms with Crippen molar-refractivity contribution in [3.05, 3.63) is 41.8 Å². The highest BCUT2D eigenvalue weighted by atomic mass is 19.1. The Balaban J connectivity index is 2.11. The second-order valence-corrected chi connectivity index (χ2v) is 3.56. The highest BCUT2D eigenvalue weighted by molar-refractivity contribution is 5.88. The average molecular weight is 185 g/mol. The van der Waals surface area contributed by atoms with E-state index in [1.54, 1.807) is 13.0 Å². The van der Waals surface area contributed by atoms with Crippen molar-refractivity contribution in [2.24, 2.45) is 0 Å². The Morgan fingerprint density at radius 1 is 1.00 bits per heavy atom. The van der Waals surface area contributed by atoms with Crippen LogP contribution in [0.15, 0.2) is 30.3 Å². The first-order valence-corrected chi connectivity index (χ1v) is 4.53. The van der Waals surface area contributed by atoms with Crippen molar-refractivity contribution in [1.82, 2.24) is 4.98 Å². The molecule has 0 aromatic carbocycles. The molecule has 0 N–H and O–H groups in total. The summed E-state index contributed by atoms with van der Waals surface area (Å²) in [6.45, 7) is 1.68. The van der Waals surface area contributed by atoms with Gasteiger partial charge in [-0.3, -0.25) is 4.98 Å². The number of halogens is 1. The number of benzene rings is 1. The number of hydrogen-bond donors (Lipinski definition) is 0. The number of aromatic nitrogens is 1. The van der Waals surface area contributed by atoms with Gasteiger partial charge in [0.05, 0.1) is 11.4 Å². The SMILES string of the molecule is Cc1nc(-c2cc3cc-3c2)ccc1F. The zero-order valence-corrected chi connectivity index (χ0v) is 7.71. The Morgan fingerprint density at radius 3 is 2.29 bits per heavy atom. The van der Waals surface area contributed by atoms with Crippen molar-refractivity contribution in [2.75, 3.05) is 0 Å². The normalized spacial score (nSPS) is 11.6. The number of aryl methyl sites for hydroxylation is 1.